The van der Waals surface area contributed by atoms with E-state index >= 15 is 0 Å². The molecule has 3 nitrogen and oxygen atoms in total. The molecule has 1 N–H and O–H groups in total. The first-order chi connectivity index (χ1) is 9.86. The number of benzene rings is 1. The van der Waals surface area contributed by atoms with Gasteiger partial charge in [0.25, 0.3) is 0 Å². The smallest absolute Gasteiger partial charge is 0.101 e. The Morgan fingerprint density at radius 3 is 2.38 bits per heavy atom. The van der Waals surface area contributed by atoms with Crippen LogP contribution in [0.3, 0.4) is 0 Å². The highest BCUT2D eigenvalue weighted by Gasteiger charge is 2.16. The van der Waals surface area contributed by atoms with Gasteiger partial charge in [-0.15, -0.1) is 0 Å². The standard InChI is InChI=1S/C18H29N3/c1-13(2)11-20-12-16-7-8-18(17(9-16)10-19)21(6)15(5)14(3)4/h7-9,13-15,20H,11-12H2,1-6H3. The molecule has 0 aliphatic carbocycles. The molecule has 1 rings (SSSR count). The average molecular weight is 287 g/mol. The third kappa shape index (κ3) is 5.06. The molecule has 0 amide bonds. The van der Waals surface area contributed by atoms with Crippen molar-refractivity contribution in [2.45, 2.75) is 47.2 Å². The molecule has 0 saturated carbocycles. The molecule has 116 valence electrons. The molecule has 0 fully saturated rings. The van der Waals surface area contributed by atoms with Crippen molar-refractivity contribution in [1.82, 2.24) is 5.32 Å². The minimum absolute atomic E-state index is 0.405. The fraction of sp³-hybridized carbons (Fsp3) is 0.611. The summed E-state index contributed by atoms with van der Waals surface area (Å²) in [6.45, 7) is 12.8. The molecule has 1 aromatic carbocycles. The minimum atomic E-state index is 0.405. The van der Waals surface area contributed by atoms with E-state index in [1.807, 2.05) is 6.07 Å². The van der Waals surface area contributed by atoms with Gasteiger partial charge < -0.3 is 10.2 Å². The van der Waals surface area contributed by atoms with Crippen LogP contribution in [0.25, 0.3) is 0 Å². The zero-order valence-electron chi connectivity index (χ0n) is 14.3. The number of anilines is 1. The van der Waals surface area contributed by atoms with Crippen LogP contribution < -0.4 is 10.2 Å². The Bertz CT molecular complexity index is 486. The summed E-state index contributed by atoms with van der Waals surface area (Å²) in [4.78, 5) is 2.20. The summed E-state index contributed by atoms with van der Waals surface area (Å²) in [5.74, 6) is 1.19. The van der Waals surface area contributed by atoms with Crippen LogP contribution in [0.1, 0.15) is 45.7 Å². The molecule has 0 aromatic heterocycles. The summed E-state index contributed by atoms with van der Waals surface area (Å²) >= 11 is 0. The molecular weight excluding hydrogens is 258 g/mol. The molecule has 0 radical (unpaired) electrons. The van der Waals surface area contributed by atoms with Crippen LogP contribution in [0.15, 0.2) is 18.2 Å². The van der Waals surface area contributed by atoms with Gasteiger partial charge in [-0.1, -0.05) is 33.8 Å². The quantitative estimate of drug-likeness (QED) is 0.829. The van der Waals surface area contributed by atoms with Gasteiger partial charge in [0.05, 0.1) is 11.3 Å². The Labute approximate surface area is 130 Å². The molecule has 0 aliphatic rings. The number of rotatable bonds is 7. The lowest BCUT2D eigenvalue weighted by Crippen LogP contribution is -2.33. The first-order valence-electron chi connectivity index (χ1n) is 7.83. The number of nitrogens with one attached hydrogen (secondary N) is 1. The molecule has 0 spiro atoms. The van der Waals surface area contributed by atoms with E-state index in [1.165, 1.54) is 5.56 Å². The fourth-order valence-corrected chi connectivity index (χ4v) is 2.26. The van der Waals surface area contributed by atoms with Gasteiger partial charge in [-0.3, -0.25) is 0 Å². The summed E-state index contributed by atoms with van der Waals surface area (Å²) < 4.78 is 0. The lowest BCUT2D eigenvalue weighted by atomic mass is 10.0. The van der Waals surface area contributed by atoms with Crippen molar-refractivity contribution >= 4 is 5.69 Å². The molecule has 21 heavy (non-hydrogen) atoms. The van der Waals surface area contributed by atoms with Crippen molar-refractivity contribution in [2.24, 2.45) is 11.8 Å². The van der Waals surface area contributed by atoms with Crippen molar-refractivity contribution in [3.8, 4) is 6.07 Å². The predicted octanol–water partition coefficient (Wildman–Crippen LogP) is 3.78. The molecule has 1 atom stereocenters. The monoisotopic (exact) mass is 287 g/mol. The van der Waals surface area contributed by atoms with Gasteiger partial charge in [0, 0.05) is 19.6 Å². The Morgan fingerprint density at radius 2 is 1.86 bits per heavy atom. The van der Waals surface area contributed by atoms with Crippen LogP contribution in [0, 0.1) is 23.2 Å². The molecule has 3 heteroatoms. The Morgan fingerprint density at radius 1 is 1.19 bits per heavy atom. The largest absolute Gasteiger partial charge is 0.371 e. The van der Waals surface area contributed by atoms with Crippen LogP contribution in [0.2, 0.25) is 0 Å². The molecule has 0 saturated heterocycles. The molecule has 0 aliphatic heterocycles. The van der Waals surface area contributed by atoms with E-state index in [-0.39, 0.29) is 0 Å². The lowest BCUT2D eigenvalue weighted by Gasteiger charge is -2.30. The SMILES string of the molecule is CC(C)CNCc1ccc(N(C)C(C)C(C)C)c(C#N)c1. The summed E-state index contributed by atoms with van der Waals surface area (Å²) in [6, 6.07) is 8.94. The zero-order chi connectivity index (χ0) is 16.0. The fourth-order valence-electron chi connectivity index (χ4n) is 2.26. The van der Waals surface area contributed by atoms with Crippen molar-refractivity contribution in [1.29, 1.82) is 5.26 Å². The summed E-state index contributed by atoms with van der Waals surface area (Å²) in [5.41, 5.74) is 2.95. The van der Waals surface area contributed by atoms with Gasteiger partial charge >= 0.3 is 0 Å². The van der Waals surface area contributed by atoms with Crippen molar-refractivity contribution in [2.75, 3.05) is 18.5 Å². The number of hydrogen-bond donors (Lipinski definition) is 1. The molecule has 1 unspecified atom stereocenters. The second kappa shape index (κ2) is 8.05. The maximum absolute atomic E-state index is 9.43. The van der Waals surface area contributed by atoms with Gasteiger partial charge in [-0.2, -0.15) is 5.26 Å². The Balaban J connectivity index is 2.87. The van der Waals surface area contributed by atoms with Crippen molar-refractivity contribution in [3.05, 3.63) is 29.3 Å². The highest BCUT2D eigenvalue weighted by molar-refractivity contribution is 5.60. The van der Waals surface area contributed by atoms with E-state index in [1.54, 1.807) is 0 Å². The van der Waals surface area contributed by atoms with E-state index < -0.39 is 0 Å². The Kier molecular flexibility index (Phi) is 6.71. The van der Waals surface area contributed by atoms with E-state index in [0.717, 1.165) is 24.3 Å². The van der Waals surface area contributed by atoms with E-state index in [4.69, 9.17) is 0 Å². The second-order valence-electron chi connectivity index (χ2n) is 6.58. The molecule has 0 heterocycles. The highest BCUT2D eigenvalue weighted by atomic mass is 15.1. The third-order valence-corrected chi connectivity index (χ3v) is 4.02. The van der Waals surface area contributed by atoms with Gasteiger partial charge in [0.2, 0.25) is 0 Å². The van der Waals surface area contributed by atoms with E-state index in [9.17, 15) is 5.26 Å². The van der Waals surface area contributed by atoms with Crippen LogP contribution in [0.4, 0.5) is 5.69 Å². The first-order valence-corrected chi connectivity index (χ1v) is 7.83. The topological polar surface area (TPSA) is 39.1 Å². The number of nitriles is 1. The molecular formula is C18H29N3. The average Bonchev–Trinajstić information content (AvgIpc) is 2.45. The summed E-state index contributed by atoms with van der Waals surface area (Å²) in [5, 5.41) is 12.8. The number of nitrogens with zero attached hydrogens (tertiary/aromatic N) is 2. The maximum Gasteiger partial charge on any atom is 0.101 e. The van der Waals surface area contributed by atoms with Crippen LogP contribution in [0.5, 0.6) is 0 Å². The van der Waals surface area contributed by atoms with Crippen molar-refractivity contribution in [3.63, 3.8) is 0 Å². The molecule has 1 aromatic rings. The minimum Gasteiger partial charge on any atom is -0.371 e. The van der Waals surface area contributed by atoms with Crippen LogP contribution in [-0.4, -0.2) is 19.6 Å². The second-order valence-corrected chi connectivity index (χ2v) is 6.58. The third-order valence-electron chi connectivity index (χ3n) is 4.02. The lowest BCUT2D eigenvalue weighted by molar-refractivity contribution is 0.505. The van der Waals surface area contributed by atoms with Crippen LogP contribution in [-0.2, 0) is 6.54 Å². The van der Waals surface area contributed by atoms with Crippen LogP contribution >= 0.6 is 0 Å². The van der Waals surface area contributed by atoms with Gasteiger partial charge in [0.1, 0.15) is 6.07 Å². The normalized spacial score (nSPS) is 12.5. The summed E-state index contributed by atoms with van der Waals surface area (Å²) in [6.07, 6.45) is 0. The molecule has 0 bridgehead atoms. The van der Waals surface area contributed by atoms with E-state index in [2.05, 4.69) is 70.1 Å². The van der Waals surface area contributed by atoms with Gasteiger partial charge in [-0.05, 0) is 43.0 Å². The Hall–Kier alpha value is -1.53. The number of hydrogen-bond acceptors (Lipinski definition) is 3. The van der Waals surface area contributed by atoms with Crippen molar-refractivity contribution < 1.29 is 0 Å². The predicted molar refractivity (Wildman–Crippen MR) is 90.4 cm³/mol. The maximum atomic E-state index is 9.43. The van der Waals surface area contributed by atoms with Gasteiger partial charge in [0.15, 0.2) is 0 Å². The van der Waals surface area contributed by atoms with Gasteiger partial charge in [-0.25, -0.2) is 0 Å². The first kappa shape index (κ1) is 17.5. The summed E-state index contributed by atoms with van der Waals surface area (Å²) in [7, 11) is 2.07. The van der Waals surface area contributed by atoms with E-state index in [0.29, 0.717) is 17.9 Å². The highest BCUT2D eigenvalue weighted by Crippen LogP contribution is 2.24. The zero-order valence-corrected chi connectivity index (χ0v) is 14.3.